The smallest absolute Gasteiger partial charge is 0.164 e. The Labute approximate surface area is 327 Å². The number of thiophene rings is 1. The molecule has 11 rings (SSSR count). The number of para-hydroxylation sites is 2. The van der Waals surface area contributed by atoms with Crippen molar-refractivity contribution >= 4 is 53.3 Å². The van der Waals surface area contributed by atoms with Gasteiger partial charge in [0.05, 0.1) is 11.0 Å². The van der Waals surface area contributed by atoms with Crippen LogP contribution in [0.2, 0.25) is 0 Å². The standard InChI is InChI=1S/C51H32N4S/c1-4-13-35(14-5-1)49-52-50(36-15-6-2-7-16-36)54-51(53-49)41-20-12-22-47-48(41)43-32-38(28-30-46(43)56-47)34-25-23-33(24-26-34)37-27-29-45-42(31-37)40-19-10-11-21-44(40)55(45)39-17-8-3-9-18-39/h1-32H. The van der Waals surface area contributed by atoms with Gasteiger partial charge in [-0.05, 0) is 70.8 Å². The quantitative estimate of drug-likeness (QED) is 0.171. The van der Waals surface area contributed by atoms with E-state index in [4.69, 9.17) is 15.0 Å². The number of hydrogen-bond donors (Lipinski definition) is 0. The van der Waals surface area contributed by atoms with Crippen LogP contribution in [0, 0.1) is 0 Å². The first-order chi connectivity index (χ1) is 27.7. The Morgan fingerprint density at radius 2 is 0.875 bits per heavy atom. The zero-order valence-electron chi connectivity index (χ0n) is 30.2. The van der Waals surface area contributed by atoms with Crippen molar-refractivity contribution in [3.8, 4) is 62.1 Å². The van der Waals surface area contributed by atoms with Crippen LogP contribution in [0.5, 0.6) is 0 Å². The van der Waals surface area contributed by atoms with Crippen molar-refractivity contribution in [1.29, 1.82) is 0 Å². The minimum atomic E-state index is 0.660. The van der Waals surface area contributed by atoms with Gasteiger partial charge in [-0.15, -0.1) is 11.3 Å². The number of rotatable bonds is 6. The second kappa shape index (κ2) is 13.3. The molecule has 0 amide bonds. The molecule has 0 fully saturated rings. The molecule has 0 N–H and O–H groups in total. The number of benzene rings is 8. The first-order valence-corrected chi connectivity index (χ1v) is 19.6. The average Bonchev–Trinajstić information content (AvgIpc) is 3.82. The topological polar surface area (TPSA) is 43.6 Å². The van der Waals surface area contributed by atoms with E-state index in [-0.39, 0.29) is 0 Å². The van der Waals surface area contributed by atoms with Crippen LogP contribution in [0.3, 0.4) is 0 Å². The third kappa shape index (κ3) is 5.48. The molecule has 0 bridgehead atoms. The van der Waals surface area contributed by atoms with E-state index >= 15 is 0 Å². The summed E-state index contributed by atoms with van der Waals surface area (Å²) in [5, 5.41) is 4.87. The fourth-order valence-electron chi connectivity index (χ4n) is 7.98. The molecule has 0 saturated heterocycles. The fourth-order valence-corrected chi connectivity index (χ4v) is 9.10. The van der Waals surface area contributed by atoms with Gasteiger partial charge in [0.1, 0.15) is 0 Å². The van der Waals surface area contributed by atoms with Crippen LogP contribution >= 0.6 is 11.3 Å². The molecule has 0 aliphatic heterocycles. The predicted molar refractivity (Wildman–Crippen MR) is 234 cm³/mol. The van der Waals surface area contributed by atoms with Gasteiger partial charge in [-0.3, -0.25) is 0 Å². The molecule has 0 atom stereocenters. The Morgan fingerprint density at radius 3 is 1.55 bits per heavy atom. The molecule has 0 aliphatic carbocycles. The van der Waals surface area contributed by atoms with Crippen molar-refractivity contribution in [1.82, 2.24) is 19.5 Å². The molecular formula is C51H32N4S. The summed E-state index contributed by atoms with van der Waals surface area (Å²) >= 11 is 1.80. The van der Waals surface area contributed by atoms with Crippen LogP contribution < -0.4 is 0 Å². The van der Waals surface area contributed by atoms with Crippen LogP contribution in [0.25, 0.3) is 104 Å². The summed E-state index contributed by atoms with van der Waals surface area (Å²) in [6.45, 7) is 0. The molecule has 3 aromatic heterocycles. The van der Waals surface area contributed by atoms with Crippen LogP contribution in [-0.2, 0) is 0 Å². The summed E-state index contributed by atoms with van der Waals surface area (Å²) in [5.41, 5.74) is 11.2. The molecule has 0 spiro atoms. The zero-order chi connectivity index (χ0) is 37.0. The lowest BCUT2D eigenvalue weighted by molar-refractivity contribution is 1.08. The van der Waals surface area contributed by atoms with E-state index in [1.807, 2.05) is 36.4 Å². The second-order valence-corrected chi connectivity index (χ2v) is 15.1. The van der Waals surface area contributed by atoms with Gasteiger partial charge in [0.2, 0.25) is 0 Å². The molecule has 5 heteroatoms. The molecule has 8 aromatic carbocycles. The van der Waals surface area contributed by atoms with E-state index in [0.717, 1.165) is 22.1 Å². The van der Waals surface area contributed by atoms with E-state index in [1.54, 1.807) is 11.3 Å². The van der Waals surface area contributed by atoms with E-state index in [2.05, 4.69) is 162 Å². The number of fused-ring (bicyclic) bond motifs is 6. The highest BCUT2D eigenvalue weighted by molar-refractivity contribution is 7.26. The maximum atomic E-state index is 5.09. The van der Waals surface area contributed by atoms with E-state index in [1.165, 1.54) is 64.5 Å². The van der Waals surface area contributed by atoms with Crippen molar-refractivity contribution in [3.05, 3.63) is 194 Å². The van der Waals surface area contributed by atoms with Gasteiger partial charge in [0.25, 0.3) is 0 Å². The molecular weight excluding hydrogens is 701 g/mol. The van der Waals surface area contributed by atoms with Crippen molar-refractivity contribution in [2.24, 2.45) is 0 Å². The van der Waals surface area contributed by atoms with Gasteiger partial charge in [-0.1, -0.05) is 146 Å². The Morgan fingerprint density at radius 1 is 0.339 bits per heavy atom. The van der Waals surface area contributed by atoms with E-state index in [9.17, 15) is 0 Å². The monoisotopic (exact) mass is 732 g/mol. The molecule has 3 heterocycles. The van der Waals surface area contributed by atoms with E-state index in [0.29, 0.717) is 17.5 Å². The van der Waals surface area contributed by atoms with Crippen molar-refractivity contribution in [3.63, 3.8) is 0 Å². The zero-order valence-corrected chi connectivity index (χ0v) is 31.0. The second-order valence-electron chi connectivity index (χ2n) is 14.0. The Kier molecular flexibility index (Phi) is 7.64. The van der Waals surface area contributed by atoms with Crippen molar-refractivity contribution < 1.29 is 0 Å². The lowest BCUT2D eigenvalue weighted by Gasteiger charge is -2.10. The van der Waals surface area contributed by atoms with Crippen LogP contribution in [-0.4, -0.2) is 19.5 Å². The predicted octanol–water partition coefficient (Wildman–Crippen LogP) is 13.7. The molecule has 262 valence electrons. The first kappa shape index (κ1) is 32.2. The average molecular weight is 733 g/mol. The molecule has 0 aliphatic rings. The normalized spacial score (nSPS) is 11.6. The third-order valence-corrected chi connectivity index (χ3v) is 11.8. The maximum absolute atomic E-state index is 5.09. The molecule has 11 aromatic rings. The summed E-state index contributed by atoms with van der Waals surface area (Å²) in [6, 6.07) is 68.7. The summed E-state index contributed by atoms with van der Waals surface area (Å²) in [7, 11) is 0. The van der Waals surface area contributed by atoms with Gasteiger partial charge in [-0.25, -0.2) is 15.0 Å². The van der Waals surface area contributed by atoms with E-state index < -0.39 is 0 Å². The van der Waals surface area contributed by atoms with Crippen molar-refractivity contribution in [2.45, 2.75) is 0 Å². The largest absolute Gasteiger partial charge is 0.309 e. The minimum Gasteiger partial charge on any atom is -0.309 e. The summed E-state index contributed by atoms with van der Waals surface area (Å²) in [4.78, 5) is 15.1. The van der Waals surface area contributed by atoms with Crippen LogP contribution in [0.1, 0.15) is 0 Å². The molecule has 0 unspecified atom stereocenters. The maximum Gasteiger partial charge on any atom is 0.164 e. The molecule has 0 saturated carbocycles. The lowest BCUT2D eigenvalue weighted by atomic mass is 9.97. The van der Waals surface area contributed by atoms with Crippen molar-refractivity contribution in [2.75, 3.05) is 0 Å². The highest BCUT2D eigenvalue weighted by Gasteiger charge is 2.18. The number of aromatic nitrogens is 4. The highest BCUT2D eigenvalue weighted by atomic mass is 32.1. The number of nitrogens with zero attached hydrogens (tertiary/aromatic N) is 4. The van der Waals surface area contributed by atoms with Crippen LogP contribution in [0.15, 0.2) is 194 Å². The third-order valence-electron chi connectivity index (χ3n) is 10.7. The Hall–Kier alpha value is -7.21. The Bertz CT molecular complexity index is 3160. The summed E-state index contributed by atoms with van der Waals surface area (Å²) in [5.74, 6) is 1.99. The molecule has 56 heavy (non-hydrogen) atoms. The molecule has 4 nitrogen and oxygen atoms in total. The van der Waals surface area contributed by atoms with Gasteiger partial charge in [-0.2, -0.15) is 0 Å². The van der Waals surface area contributed by atoms with Gasteiger partial charge in [0.15, 0.2) is 17.5 Å². The van der Waals surface area contributed by atoms with Gasteiger partial charge in [0, 0.05) is 53.3 Å². The SMILES string of the molecule is c1ccc(-c2nc(-c3ccccc3)nc(-c3cccc4sc5ccc(-c6ccc(-c7ccc8c(c7)c7ccccc7n8-c7ccccc7)cc6)cc5c34)n2)cc1. The summed E-state index contributed by atoms with van der Waals surface area (Å²) in [6.07, 6.45) is 0. The molecule has 0 radical (unpaired) electrons. The summed E-state index contributed by atoms with van der Waals surface area (Å²) < 4.78 is 4.80. The van der Waals surface area contributed by atoms with Crippen LogP contribution in [0.4, 0.5) is 0 Å². The lowest BCUT2D eigenvalue weighted by Crippen LogP contribution is -2.00. The Balaban J connectivity index is 0.995. The van der Waals surface area contributed by atoms with Gasteiger partial charge >= 0.3 is 0 Å². The highest BCUT2D eigenvalue weighted by Crippen LogP contribution is 2.42. The first-order valence-electron chi connectivity index (χ1n) is 18.8. The van der Waals surface area contributed by atoms with Gasteiger partial charge < -0.3 is 4.57 Å². The fraction of sp³-hybridized carbons (Fsp3) is 0. The minimum absolute atomic E-state index is 0.660. The number of hydrogen-bond acceptors (Lipinski definition) is 4.